The van der Waals surface area contributed by atoms with E-state index < -0.39 is 10.0 Å². The Bertz CT molecular complexity index is 677. The molecule has 8 heteroatoms. The Morgan fingerprint density at radius 2 is 2.17 bits per heavy atom. The third-order valence-corrected chi connectivity index (χ3v) is 3.65. The average Bonchev–Trinajstić information content (AvgIpc) is 2.57. The number of hydrogen-bond acceptors (Lipinski definition) is 5. The number of anilines is 2. The Hall–Kier alpha value is -2.09. The summed E-state index contributed by atoms with van der Waals surface area (Å²) < 4.78 is 28.1. The van der Waals surface area contributed by atoms with Crippen molar-refractivity contribution in [1.82, 2.24) is 14.8 Å². The van der Waals surface area contributed by atoms with Crippen molar-refractivity contribution in [3.8, 4) is 0 Å². The van der Waals surface area contributed by atoms with Crippen LogP contribution in [0.3, 0.4) is 0 Å². The molecule has 0 radical (unpaired) electrons. The van der Waals surface area contributed by atoms with E-state index in [2.05, 4.69) is 14.8 Å². The fourth-order valence-electron chi connectivity index (χ4n) is 1.52. The molecule has 0 spiro atoms. The van der Waals surface area contributed by atoms with Gasteiger partial charge in [0.2, 0.25) is 0 Å². The second kappa shape index (κ2) is 4.30. The highest BCUT2D eigenvalue weighted by atomic mass is 32.2. The lowest BCUT2D eigenvalue weighted by atomic mass is 10.4. The van der Waals surface area contributed by atoms with E-state index in [1.165, 1.54) is 16.9 Å². The SMILES string of the molecule is Cc1nn(C)cc1NS(=O)(=O)c1ncccc1N. The van der Waals surface area contributed by atoms with Crippen molar-refractivity contribution < 1.29 is 8.42 Å². The van der Waals surface area contributed by atoms with Gasteiger partial charge in [0.25, 0.3) is 10.0 Å². The number of nitrogens with one attached hydrogen (secondary N) is 1. The Kier molecular flexibility index (Phi) is 2.95. The maximum atomic E-state index is 12.1. The highest BCUT2D eigenvalue weighted by Gasteiger charge is 2.20. The predicted molar refractivity (Wildman–Crippen MR) is 67.4 cm³/mol. The van der Waals surface area contributed by atoms with E-state index in [1.807, 2.05) is 0 Å². The summed E-state index contributed by atoms with van der Waals surface area (Å²) in [6, 6.07) is 3.06. The number of hydrogen-bond donors (Lipinski definition) is 2. The van der Waals surface area contributed by atoms with Gasteiger partial charge in [-0.15, -0.1) is 0 Å². The molecular formula is C10H13N5O2S. The second-order valence-electron chi connectivity index (χ2n) is 3.81. The molecule has 0 atom stereocenters. The summed E-state index contributed by atoms with van der Waals surface area (Å²) in [5.74, 6) is 0. The second-order valence-corrected chi connectivity index (χ2v) is 5.40. The van der Waals surface area contributed by atoms with Crippen LogP contribution in [0.1, 0.15) is 5.69 Å². The van der Waals surface area contributed by atoms with E-state index in [-0.39, 0.29) is 10.7 Å². The normalized spacial score (nSPS) is 11.4. The number of nitrogens with zero attached hydrogens (tertiary/aromatic N) is 3. The number of nitrogen functional groups attached to an aromatic ring is 1. The first-order valence-electron chi connectivity index (χ1n) is 5.14. The lowest BCUT2D eigenvalue weighted by Gasteiger charge is -2.07. The molecule has 0 amide bonds. The molecule has 0 aliphatic carbocycles. The zero-order valence-corrected chi connectivity index (χ0v) is 10.8. The summed E-state index contributed by atoms with van der Waals surface area (Å²) in [4.78, 5) is 3.78. The van der Waals surface area contributed by atoms with Gasteiger partial charge in [-0.05, 0) is 19.1 Å². The molecule has 0 saturated carbocycles. The van der Waals surface area contributed by atoms with Gasteiger partial charge in [-0.2, -0.15) is 13.5 Å². The van der Waals surface area contributed by atoms with E-state index in [1.54, 1.807) is 26.2 Å². The van der Waals surface area contributed by atoms with Crippen molar-refractivity contribution in [3.63, 3.8) is 0 Å². The third kappa shape index (κ3) is 2.28. The molecule has 0 bridgehead atoms. The fourth-order valence-corrected chi connectivity index (χ4v) is 2.69. The molecule has 0 unspecified atom stereocenters. The van der Waals surface area contributed by atoms with Crippen molar-refractivity contribution in [2.75, 3.05) is 10.5 Å². The quantitative estimate of drug-likeness (QED) is 0.843. The fraction of sp³-hybridized carbons (Fsp3) is 0.200. The van der Waals surface area contributed by atoms with E-state index in [4.69, 9.17) is 5.73 Å². The first-order chi connectivity index (χ1) is 8.40. The Balaban J connectivity index is 2.39. The molecule has 2 aromatic heterocycles. The van der Waals surface area contributed by atoms with Crippen LogP contribution in [-0.4, -0.2) is 23.2 Å². The first kappa shape index (κ1) is 12.4. The maximum absolute atomic E-state index is 12.1. The largest absolute Gasteiger partial charge is 0.396 e. The molecular weight excluding hydrogens is 254 g/mol. The lowest BCUT2D eigenvalue weighted by molar-refractivity contribution is 0.598. The van der Waals surface area contributed by atoms with Crippen molar-refractivity contribution in [1.29, 1.82) is 0 Å². The van der Waals surface area contributed by atoms with Crippen LogP contribution >= 0.6 is 0 Å². The number of nitrogens with two attached hydrogens (primary N) is 1. The monoisotopic (exact) mass is 267 g/mol. The van der Waals surface area contributed by atoms with Crippen LogP contribution in [0.15, 0.2) is 29.6 Å². The standard InChI is InChI=1S/C10H13N5O2S/c1-7-9(6-15(2)13-7)14-18(16,17)10-8(11)4-3-5-12-10/h3-6,14H,11H2,1-2H3. The van der Waals surface area contributed by atoms with Crippen LogP contribution in [0.2, 0.25) is 0 Å². The summed E-state index contributed by atoms with van der Waals surface area (Å²) in [6.07, 6.45) is 2.95. The van der Waals surface area contributed by atoms with Gasteiger partial charge in [0.1, 0.15) is 0 Å². The van der Waals surface area contributed by atoms with Crippen molar-refractivity contribution in [2.45, 2.75) is 11.9 Å². The summed E-state index contributed by atoms with van der Waals surface area (Å²) >= 11 is 0. The number of sulfonamides is 1. The van der Waals surface area contributed by atoms with Crippen LogP contribution < -0.4 is 10.5 Å². The van der Waals surface area contributed by atoms with Gasteiger partial charge >= 0.3 is 0 Å². The predicted octanol–water partition coefficient (Wildman–Crippen LogP) is 0.507. The van der Waals surface area contributed by atoms with Gasteiger partial charge in [0.05, 0.1) is 17.1 Å². The zero-order chi connectivity index (χ0) is 13.3. The van der Waals surface area contributed by atoms with E-state index in [0.29, 0.717) is 11.4 Å². The minimum atomic E-state index is -3.79. The summed E-state index contributed by atoms with van der Waals surface area (Å²) in [5.41, 5.74) is 6.69. The summed E-state index contributed by atoms with van der Waals surface area (Å²) in [7, 11) is -2.08. The van der Waals surface area contributed by atoms with Crippen LogP contribution in [-0.2, 0) is 17.1 Å². The molecule has 3 N–H and O–H groups in total. The van der Waals surface area contributed by atoms with Crippen LogP contribution in [0.4, 0.5) is 11.4 Å². The van der Waals surface area contributed by atoms with Gasteiger partial charge in [0, 0.05) is 19.4 Å². The minimum Gasteiger partial charge on any atom is -0.396 e. The highest BCUT2D eigenvalue weighted by Crippen LogP contribution is 2.20. The Morgan fingerprint density at radius 1 is 1.44 bits per heavy atom. The number of aromatic nitrogens is 3. The van der Waals surface area contributed by atoms with Gasteiger partial charge in [-0.25, -0.2) is 4.98 Å². The minimum absolute atomic E-state index is 0.103. The summed E-state index contributed by atoms with van der Waals surface area (Å²) in [6.45, 7) is 1.71. The first-order valence-corrected chi connectivity index (χ1v) is 6.62. The molecule has 0 saturated heterocycles. The maximum Gasteiger partial charge on any atom is 0.281 e. The molecule has 2 aromatic rings. The third-order valence-electron chi connectivity index (χ3n) is 2.31. The molecule has 96 valence electrons. The number of rotatable bonds is 3. The van der Waals surface area contributed by atoms with Gasteiger partial charge in [-0.3, -0.25) is 9.40 Å². The molecule has 2 rings (SSSR count). The molecule has 18 heavy (non-hydrogen) atoms. The summed E-state index contributed by atoms with van der Waals surface area (Å²) in [5, 5.41) is 3.86. The highest BCUT2D eigenvalue weighted by molar-refractivity contribution is 7.92. The average molecular weight is 267 g/mol. The van der Waals surface area contributed by atoms with Gasteiger partial charge < -0.3 is 5.73 Å². The molecule has 0 aliphatic rings. The molecule has 0 aliphatic heterocycles. The van der Waals surface area contributed by atoms with Crippen molar-refractivity contribution in [3.05, 3.63) is 30.2 Å². The molecule has 0 aromatic carbocycles. The smallest absolute Gasteiger partial charge is 0.281 e. The van der Waals surface area contributed by atoms with Gasteiger partial charge in [-0.1, -0.05) is 0 Å². The van der Waals surface area contributed by atoms with Crippen LogP contribution in [0, 0.1) is 6.92 Å². The lowest BCUT2D eigenvalue weighted by Crippen LogP contribution is -2.16. The molecule has 0 fully saturated rings. The van der Waals surface area contributed by atoms with Crippen molar-refractivity contribution >= 4 is 21.4 Å². The number of aryl methyl sites for hydroxylation is 2. The zero-order valence-electron chi connectivity index (χ0n) is 9.95. The molecule has 2 heterocycles. The molecule has 7 nitrogen and oxygen atoms in total. The topological polar surface area (TPSA) is 103 Å². The van der Waals surface area contributed by atoms with Crippen molar-refractivity contribution in [2.24, 2.45) is 7.05 Å². The van der Waals surface area contributed by atoms with Gasteiger partial charge in [0.15, 0.2) is 5.03 Å². The van der Waals surface area contributed by atoms with Crippen LogP contribution in [0.25, 0.3) is 0 Å². The Labute approximate surface area is 105 Å². The van der Waals surface area contributed by atoms with E-state index >= 15 is 0 Å². The van der Waals surface area contributed by atoms with Crippen LogP contribution in [0.5, 0.6) is 0 Å². The van der Waals surface area contributed by atoms with E-state index in [0.717, 1.165) is 0 Å². The van der Waals surface area contributed by atoms with E-state index in [9.17, 15) is 8.42 Å². The number of pyridine rings is 1. The Morgan fingerprint density at radius 3 is 2.72 bits per heavy atom.